The third-order valence-electron chi connectivity index (χ3n) is 6.22. The molecule has 0 saturated carbocycles. The summed E-state index contributed by atoms with van der Waals surface area (Å²) < 4.78 is 5.07. The SMILES string of the molecule is O=C(N[C@@H](CNC(=O)c1ccc(N2CCN(C3=NCCCN3)CC2)cc1)C(=O)O)OCc1ccccc1. The third kappa shape index (κ3) is 7.35. The zero-order valence-corrected chi connectivity index (χ0v) is 20.6. The van der Waals surface area contributed by atoms with Gasteiger partial charge in [0.25, 0.3) is 5.91 Å². The quantitative estimate of drug-likeness (QED) is 0.419. The van der Waals surface area contributed by atoms with Crippen LogP contribution in [0.1, 0.15) is 22.3 Å². The van der Waals surface area contributed by atoms with E-state index in [0.29, 0.717) is 5.56 Å². The number of hydrogen-bond acceptors (Lipinski definition) is 8. The van der Waals surface area contributed by atoms with Crippen LogP contribution in [-0.4, -0.2) is 85.8 Å². The van der Waals surface area contributed by atoms with Crippen LogP contribution in [-0.2, 0) is 16.1 Å². The van der Waals surface area contributed by atoms with Crippen LogP contribution in [0.25, 0.3) is 0 Å². The molecule has 2 aromatic carbocycles. The molecule has 0 radical (unpaired) electrons. The van der Waals surface area contributed by atoms with Crippen molar-refractivity contribution in [2.24, 2.45) is 4.99 Å². The lowest BCUT2D eigenvalue weighted by atomic mass is 10.1. The van der Waals surface area contributed by atoms with Crippen LogP contribution in [0.4, 0.5) is 10.5 Å². The average Bonchev–Trinajstić information content (AvgIpc) is 2.95. The van der Waals surface area contributed by atoms with E-state index >= 15 is 0 Å². The van der Waals surface area contributed by atoms with Crippen molar-refractivity contribution in [1.29, 1.82) is 0 Å². The van der Waals surface area contributed by atoms with Crippen molar-refractivity contribution in [2.75, 3.05) is 50.7 Å². The van der Waals surface area contributed by atoms with Crippen molar-refractivity contribution < 1.29 is 24.2 Å². The lowest BCUT2D eigenvalue weighted by Gasteiger charge is -2.38. The van der Waals surface area contributed by atoms with E-state index in [1.165, 1.54) is 0 Å². The molecular weight excluding hydrogens is 476 g/mol. The number of amides is 2. The minimum absolute atomic E-state index is 0.0123. The molecule has 0 bridgehead atoms. The van der Waals surface area contributed by atoms with E-state index in [2.05, 4.69) is 30.7 Å². The Labute approximate surface area is 215 Å². The van der Waals surface area contributed by atoms with Crippen molar-refractivity contribution in [3.8, 4) is 0 Å². The fourth-order valence-electron chi connectivity index (χ4n) is 4.14. The van der Waals surface area contributed by atoms with E-state index < -0.39 is 24.0 Å². The van der Waals surface area contributed by atoms with E-state index in [1.54, 1.807) is 24.3 Å². The maximum absolute atomic E-state index is 12.6. The first kappa shape index (κ1) is 25.8. The zero-order chi connectivity index (χ0) is 26.0. The highest BCUT2D eigenvalue weighted by Crippen LogP contribution is 2.18. The number of carboxylic acids is 1. The number of aliphatic carboxylic acids is 1. The Hall–Kier alpha value is -4.28. The zero-order valence-electron chi connectivity index (χ0n) is 20.6. The number of ether oxygens (including phenoxy) is 1. The Morgan fingerprint density at radius 3 is 2.35 bits per heavy atom. The molecule has 37 heavy (non-hydrogen) atoms. The standard InChI is InChI=1S/C26H32N6O5/c33-23(29-17-22(24(34)35)30-26(36)37-18-19-5-2-1-3-6-19)20-7-9-21(10-8-20)31-13-15-32(16-14-31)25-27-11-4-12-28-25/h1-3,5-10,22H,4,11-18H2,(H,27,28)(H,29,33)(H,30,36)(H,34,35)/t22-/m0/s1. The van der Waals surface area contributed by atoms with Crippen LogP contribution >= 0.6 is 0 Å². The first-order chi connectivity index (χ1) is 18.0. The molecule has 196 valence electrons. The molecule has 11 heteroatoms. The summed E-state index contributed by atoms with van der Waals surface area (Å²) in [4.78, 5) is 45.2. The molecule has 2 aliphatic heterocycles. The van der Waals surface area contributed by atoms with Gasteiger partial charge in [-0.2, -0.15) is 0 Å². The maximum atomic E-state index is 12.6. The van der Waals surface area contributed by atoms with Crippen LogP contribution in [0.15, 0.2) is 59.6 Å². The van der Waals surface area contributed by atoms with Crippen LogP contribution < -0.4 is 20.9 Å². The number of carbonyl (C=O) groups excluding carboxylic acids is 2. The van der Waals surface area contributed by atoms with Crippen molar-refractivity contribution in [3.05, 3.63) is 65.7 Å². The highest BCUT2D eigenvalue weighted by Gasteiger charge is 2.23. The molecule has 4 rings (SSSR count). The predicted octanol–water partition coefficient (Wildman–Crippen LogP) is 1.27. The molecule has 0 spiro atoms. The summed E-state index contributed by atoms with van der Waals surface area (Å²) >= 11 is 0. The number of carbonyl (C=O) groups is 3. The number of benzene rings is 2. The average molecular weight is 509 g/mol. The monoisotopic (exact) mass is 508 g/mol. The summed E-state index contributed by atoms with van der Waals surface area (Å²) in [6.45, 7) is 4.99. The Morgan fingerprint density at radius 1 is 1.00 bits per heavy atom. The lowest BCUT2D eigenvalue weighted by molar-refractivity contribution is -0.139. The van der Waals surface area contributed by atoms with Gasteiger partial charge in [0.1, 0.15) is 12.6 Å². The summed E-state index contributed by atoms with van der Waals surface area (Å²) in [5.41, 5.74) is 2.19. The van der Waals surface area contributed by atoms with E-state index in [0.717, 1.165) is 62.9 Å². The minimum Gasteiger partial charge on any atom is -0.480 e. The van der Waals surface area contributed by atoms with Gasteiger partial charge in [0, 0.05) is 57.1 Å². The molecule has 0 aliphatic carbocycles. The minimum atomic E-state index is -1.33. The molecule has 2 aromatic rings. The van der Waals surface area contributed by atoms with Crippen LogP contribution in [0, 0.1) is 0 Å². The molecule has 2 amide bonds. The molecule has 2 aliphatic rings. The summed E-state index contributed by atoms with van der Waals surface area (Å²) in [5.74, 6) is -0.721. The van der Waals surface area contributed by atoms with Gasteiger partial charge in [0.15, 0.2) is 5.96 Å². The van der Waals surface area contributed by atoms with Gasteiger partial charge in [-0.25, -0.2) is 9.59 Å². The van der Waals surface area contributed by atoms with E-state index in [1.807, 2.05) is 30.3 Å². The fraction of sp³-hybridized carbons (Fsp3) is 0.385. The fourth-order valence-corrected chi connectivity index (χ4v) is 4.14. The van der Waals surface area contributed by atoms with Gasteiger partial charge in [0.2, 0.25) is 0 Å². The van der Waals surface area contributed by atoms with Crippen molar-refractivity contribution in [2.45, 2.75) is 19.1 Å². The number of aliphatic imine (C=N–C) groups is 1. The number of nitrogens with one attached hydrogen (secondary N) is 3. The summed E-state index contributed by atoms with van der Waals surface area (Å²) in [6, 6.07) is 14.9. The Kier molecular flexibility index (Phi) is 8.79. The largest absolute Gasteiger partial charge is 0.480 e. The summed E-state index contributed by atoms with van der Waals surface area (Å²) in [6.07, 6.45) is 0.194. The Bertz CT molecular complexity index is 1100. The normalized spacial score (nSPS) is 16.2. The van der Waals surface area contributed by atoms with Gasteiger partial charge in [-0.05, 0) is 36.2 Å². The number of anilines is 1. The number of rotatable bonds is 8. The second-order valence-electron chi connectivity index (χ2n) is 8.81. The number of carboxylic acid groups (broad SMARTS) is 1. The molecular formula is C26H32N6O5. The highest BCUT2D eigenvalue weighted by molar-refractivity contribution is 5.95. The number of guanidine groups is 1. The van der Waals surface area contributed by atoms with Crippen LogP contribution in [0.2, 0.25) is 0 Å². The lowest BCUT2D eigenvalue weighted by Crippen LogP contribution is -2.53. The molecule has 2 heterocycles. The van der Waals surface area contributed by atoms with Gasteiger partial charge in [-0.3, -0.25) is 9.79 Å². The first-order valence-electron chi connectivity index (χ1n) is 12.4. The second kappa shape index (κ2) is 12.6. The van der Waals surface area contributed by atoms with Crippen molar-refractivity contribution in [1.82, 2.24) is 20.9 Å². The van der Waals surface area contributed by atoms with E-state index in [-0.39, 0.29) is 13.2 Å². The van der Waals surface area contributed by atoms with Gasteiger partial charge < -0.3 is 35.6 Å². The maximum Gasteiger partial charge on any atom is 0.408 e. The van der Waals surface area contributed by atoms with Crippen molar-refractivity contribution >= 4 is 29.6 Å². The third-order valence-corrected chi connectivity index (χ3v) is 6.22. The molecule has 1 atom stereocenters. The smallest absolute Gasteiger partial charge is 0.408 e. The number of nitrogens with zero attached hydrogens (tertiary/aromatic N) is 3. The highest BCUT2D eigenvalue weighted by atomic mass is 16.5. The molecule has 4 N–H and O–H groups in total. The van der Waals surface area contributed by atoms with Gasteiger partial charge in [-0.1, -0.05) is 30.3 Å². The van der Waals surface area contributed by atoms with Crippen LogP contribution in [0.3, 0.4) is 0 Å². The van der Waals surface area contributed by atoms with E-state index in [4.69, 9.17) is 4.74 Å². The second-order valence-corrected chi connectivity index (χ2v) is 8.81. The van der Waals surface area contributed by atoms with E-state index in [9.17, 15) is 19.5 Å². The molecule has 11 nitrogen and oxygen atoms in total. The molecule has 1 saturated heterocycles. The first-order valence-corrected chi connectivity index (χ1v) is 12.4. The molecule has 0 unspecified atom stereocenters. The number of piperazine rings is 1. The van der Waals surface area contributed by atoms with Gasteiger partial charge in [-0.15, -0.1) is 0 Å². The number of alkyl carbamates (subject to hydrolysis) is 1. The van der Waals surface area contributed by atoms with Crippen molar-refractivity contribution in [3.63, 3.8) is 0 Å². The van der Waals surface area contributed by atoms with Gasteiger partial charge >= 0.3 is 12.1 Å². The predicted molar refractivity (Wildman–Crippen MR) is 139 cm³/mol. The molecule has 1 fully saturated rings. The Morgan fingerprint density at radius 2 is 1.70 bits per heavy atom. The van der Waals surface area contributed by atoms with Gasteiger partial charge in [0.05, 0.1) is 0 Å². The number of hydrogen-bond donors (Lipinski definition) is 4. The molecule has 0 aromatic heterocycles. The summed E-state index contributed by atoms with van der Waals surface area (Å²) in [5, 5.41) is 17.6. The Balaban J connectivity index is 1.23. The van der Waals surface area contributed by atoms with Crippen LogP contribution in [0.5, 0.6) is 0 Å². The topological polar surface area (TPSA) is 136 Å². The summed E-state index contributed by atoms with van der Waals surface area (Å²) in [7, 11) is 0.